The summed E-state index contributed by atoms with van der Waals surface area (Å²) in [5.41, 5.74) is 2.93. The summed E-state index contributed by atoms with van der Waals surface area (Å²) in [7, 11) is 0. The zero-order chi connectivity index (χ0) is 11.8. The van der Waals surface area contributed by atoms with Crippen LogP contribution in [-0.4, -0.2) is 16.9 Å². The van der Waals surface area contributed by atoms with E-state index in [1.54, 1.807) is 5.51 Å². The van der Waals surface area contributed by atoms with Crippen molar-refractivity contribution in [3.63, 3.8) is 0 Å². The summed E-state index contributed by atoms with van der Waals surface area (Å²) in [6, 6.07) is 0.337. The van der Waals surface area contributed by atoms with E-state index in [0.29, 0.717) is 11.5 Å². The smallest absolute Gasteiger partial charge is 0.263 e. The van der Waals surface area contributed by atoms with E-state index in [2.05, 4.69) is 24.1 Å². The number of carbonyl (C=O) groups is 1. The standard InChI is InChI=1S/C12H18N2OS/c1-8-10(16-7-13-8)11(15)14-9-4-5-12(2,3)6-9/h7,9H,4-6H2,1-3H3,(H,14,15). The summed E-state index contributed by atoms with van der Waals surface area (Å²) in [6.45, 7) is 6.40. The van der Waals surface area contributed by atoms with Gasteiger partial charge in [-0.15, -0.1) is 11.3 Å². The van der Waals surface area contributed by atoms with Crippen LogP contribution in [0.1, 0.15) is 48.5 Å². The molecule has 1 unspecified atom stereocenters. The van der Waals surface area contributed by atoms with Crippen molar-refractivity contribution in [2.45, 2.75) is 46.1 Å². The minimum atomic E-state index is 0.0442. The number of aromatic nitrogens is 1. The Labute approximate surface area is 100 Å². The molecule has 0 aromatic carbocycles. The lowest BCUT2D eigenvalue weighted by Crippen LogP contribution is -2.33. The van der Waals surface area contributed by atoms with Crippen molar-refractivity contribution >= 4 is 17.2 Å². The van der Waals surface area contributed by atoms with Gasteiger partial charge in [-0.1, -0.05) is 13.8 Å². The number of aryl methyl sites for hydroxylation is 1. The quantitative estimate of drug-likeness (QED) is 0.860. The molecule has 1 fully saturated rings. The zero-order valence-electron chi connectivity index (χ0n) is 10.0. The summed E-state index contributed by atoms with van der Waals surface area (Å²) >= 11 is 1.42. The predicted octanol–water partition coefficient (Wildman–Crippen LogP) is 2.76. The molecule has 1 amide bonds. The lowest BCUT2D eigenvalue weighted by atomic mass is 9.92. The van der Waals surface area contributed by atoms with Crippen LogP contribution in [0.5, 0.6) is 0 Å². The maximum absolute atomic E-state index is 12.0. The van der Waals surface area contributed by atoms with E-state index in [9.17, 15) is 4.79 Å². The van der Waals surface area contributed by atoms with Crippen LogP contribution in [-0.2, 0) is 0 Å². The molecule has 3 nitrogen and oxygen atoms in total. The molecule has 1 saturated carbocycles. The van der Waals surface area contributed by atoms with Crippen LogP contribution in [0.25, 0.3) is 0 Å². The molecule has 0 aliphatic heterocycles. The maximum Gasteiger partial charge on any atom is 0.263 e. The van der Waals surface area contributed by atoms with Gasteiger partial charge in [0.2, 0.25) is 0 Å². The lowest BCUT2D eigenvalue weighted by molar-refractivity contribution is 0.0939. The Bertz CT molecular complexity index is 397. The van der Waals surface area contributed by atoms with Crippen LogP contribution in [0.15, 0.2) is 5.51 Å². The van der Waals surface area contributed by atoms with Gasteiger partial charge in [0, 0.05) is 6.04 Å². The highest BCUT2D eigenvalue weighted by atomic mass is 32.1. The Morgan fingerprint density at radius 2 is 2.38 bits per heavy atom. The van der Waals surface area contributed by atoms with Crippen molar-refractivity contribution in [2.24, 2.45) is 5.41 Å². The monoisotopic (exact) mass is 238 g/mol. The molecule has 16 heavy (non-hydrogen) atoms. The Morgan fingerprint density at radius 3 is 2.88 bits per heavy atom. The number of amides is 1. The first kappa shape index (κ1) is 11.6. The molecule has 1 aromatic heterocycles. The first-order valence-corrected chi connectivity index (χ1v) is 6.57. The summed E-state index contributed by atoms with van der Waals surface area (Å²) in [5.74, 6) is 0.0442. The third-order valence-corrected chi connectivity index (χ3v) is 4.18. The molecule has 1 aromatic rings. The van der Waals surface area contributed by atoms with E-state index in [-0.39, 0.29) is 5.91 Å². The summed E-state index contributed by atoms with van der Waals surface area (Å²) < 4.78 is 0. The average Bonchev–Trinajstić information content (AvgIpc) is 2.72. The van der Waals surface area contributed by atoms with Crippen LogP contribution in [0.2, 0.25) is 0 Å². The minimum absolute atomic E-state index is 0.0442. The van der Waals surface area contributed by atoms with Crippen LogP contribution in [0.4, 0.5) is 0 Å². The van der Waals surface area contributed by atoms with Crippen molar-refractivity contribution in [2.75, 3.05) is 0 Å². The Hall–Kier alpha value is -0.900. The molecular formula is C12H18N2OS. The highest BCUT2D eigenvalue weighted by Crippen LogP contribution is 2.37. The number of hydrogen-bond acceptors (Lipinski definition) is 3. The fraction of sp³-hybridized carbons (Fsp3) is 0.667. The molecule has 0 bridgehead atoms. The maximum atomic E-state index is 12.0. The molecule has 0 spiro atoms. The van der Waals surface area contributed by atoms with Gasteiger partial charge >= 0.3 is 0 Å². The van der Waals surface area contributed by atoms with Gasteiger partial charge in [0.1, 0.15) is 4.88 Å². The number of nitrogens with zero attached hydrogens (tertiary/aromatic N) is 1. The van der Waals surface area contributed by atoms with Gasteiger partial charge < -0.3 is 5.32 Å². The molecule has 2 rings (SSSR count). The number of carbonyl (C=O) groups excluding carboxylic acids is 1. The molecule has 1 heterocycles. The Balaban J connectivity index is 1.97. The van der Waals surface area contributed by atoms with E-state index in [4.69, 9.17) is 0 Å². The van der Waals surface area contributed by atoms with E-state index in [0.717, 1.165) is 23.4 Å². The topological polar surface area (TPSA) is 42.0 Å². The largest absolute Gasteiger partial charge is 0.349 e. The Morgan fingerprint density at radius 1 is 1.62 bits per heavy atom. The highest BCUT2D eigenvalue weighted by Gasteiger charge is 2.32. The number of nitrogens with one attached hydrogen (secondary N) is 1. The van der Waals surface area contributed by atoms with Crippen molar-refractivity contribution in [3.05, 3.63) is 16.1 Å². The predicted molar refractivity (Wildman–Crippen MR) is 65.7 cm³/mol. The van der Waals surface area contributed by atoms with Gasteiger partial charge in [0.15, 0.2) is 0 Å². The lowest BCUT2D eigenvalue weighted by Gasteiger charge is -2.17. The second-order valence-corrected chi connectivity index (χ2v) is 6.20. The normalized spacial score (nSPS) is 23.3. The number of thiazole rings is 1. The van der Waals surface area contributed by atoms with Gasteiger partial charge in [-0.2, -0.15) is 0 Å². The molecule has 1 aliphatic rings. The molecule has 1 N–H and O–H groups in total. The van der Waals surface area contributed by atoms with Crippen LogP contribution in [0, 0.1) is 12.3 Å². The van der Waals surface area contributed by atoms with Crippen LogP contribution < -0.4 is 5.32 Å². The van der Waals surface area contributed by atoms with E-state index < -0.39 is 0 Å². The summed E-state index contributed by atoms with van der Waals surface area (Å²) in [6.07, 6.45) is 3.37. The van der Waals surface area contributed by atoms with Gasteiger partial charge in [-0.05, 0) is 31.6 Å². The molecule has 1 aliphatic carbocycles. The molecule has 0 saturated heterocycles. The van der Waals surface area contributed by atoms with Crippen molar-refractivity contribution in [1.82, 2.24) is 10.3 Å². The Kier molecular flexibility index (Phi) is 3.02. The first-order valence-electron chi connectivity index (χ1n) is 5.69. The van der Waals surface area contributed by atoms with E-state index >= 15 is 0 Å². The number of rotatable bonds is 2. The van der Waals surface area contributed by atoms with Crippen molar-refractivity contribution in [3.8, 4) is 0 Å². The van der Waals surface area contributed by atoms with Gasteiger partial charge in [0.25, 0.3) is 5.91 Å². The highest BCUT2D eigenvalue weighted by molar-refractivity contribution is 7.11. The minimum Gasteiger partial charge on any atom is -0.349 e. The molecule has 1 atom stereocenters. The number of hydrogen-bond donors (Lipinski definition) is 1. The first-order chi connectivity index (χ1) is 7.48. The van der Waals surface area contributed by atoms with E-state index in [1.807, 2.05) is 6.92 Å². The van der Waals surface area contributed by atoms with Crippen LogP contribution >= 0.6 is 11.3 Å². The van der Waals surface area contributed by atoms with E-state index in [1.165, 1.54) is 17.8 Å². The van der Waals surface area contributed by atoms with Gasteiger partial charge in [0.05, 0.1) is 11.2 Å². The molecule has 0 radical (unpaired) electrons. The SMILES string of the molecule is Cc1ncsc1C(=O)NC1CCC(C)(C)C1. The molecule has 4 heteroatoms. The fourth-order valence-electron chi connectivity index (χ4n) is 2.33. The van der Waals surface area contributed by atoms with Gasteiger partial charge in [-0.25, -0.2) is 4.98 Å². The van der Waals surface area contributed by atoms with Gasteiger partial charge in [-0.3, -0.25) is 4.79 Å². The summed E-state index contributed by atoms with van der Waals surface area (Å²) in [5, 5.41) is 3.11. The second-order valence-electron chi connectivity index (χ2n) is 5.34. The second kappa shape index (κ2) is 4.17. The zero-order valence-corrected chi connectivity index (χ0v) is 10.9. The van der Waals surface area contributed by atoms with Crippen molar-refractivity contribution < 1.29 is 4.79 Å². The fourth-order valence-corrected chi connectivity index (χ4v) is 3.04. The van der Waals surface area contributed by atoms with Crippen LogP contribution in [0.3, 0.4) is 0 Å². The third-order valence-electron chi connectivity index (χ3n) is 3.26. The summed E-state index contributed by atoms with van der Waals surface area (Å²) in [4.78, 5) is 16.8. The molecular weight excluding hydrogens is 220 g/mol. The molecule has 88 valence electrons. The van der Waals surface area contributed by atoms with Crippen molar-refractivity contribution in [1.29, 1.82) is 0 Å². The average molecular weight is 238 g/mol. The third kappa shape index (κ3) is 2.43.